The molecular weight excluding hydrogens is 390 g/mol. The molecule has 0 saturated carbocycles. The monoisotopic (exact) mass is 411 g/mol. The van der Waals surface area contributed by atoms with Crippen molar-refractivity contribution in [1.29, 1.82) is 0 Å². The van der Waals surface area contributed by atoms with Crippen molar-refractivity contribution in [2.45, 2.75) is 6.42 Å². The van der Waals surface area contributed by atoms with Crippen LogP contribution in [-0.2, 0) is 19.1 Å². The highest BCUT2D eigenvalue weighted by Gasteiger charge is 2.36. The zero-order chi connectivity index (χ0) is 21.5. The van der Waals surface area contributed by atoms with Gasteiger partial charge in [0.25, 0.3) is 11.8 Å². The fourth-order valence-corrected chi connectivity index (χ4v) is 2.97. The van der Waals surface area contributed by atoms with Gasteiger partial charge in [0.05, 0.1) is 13.0 Å². The lowest BCUT2D eigenvalue weighted by molar-refractivity contribution is -0.152. The number of rotatable bonds is 6. The molecule has 9 nitrogen and oxygen atoms in total. The Morgan fingerprint density at radius 1 is 1.07 bits per heavy atom. The van der Waals surface area contributed by atoms with Crippen molar-refractivity contribution >= 4 is 29.4 Å². The Morgan fingerprint density at radius 2 is 1.83 bits per heavy atom. The third kappa shape index (κ3) is 5.13. The van der Waals surface area contributed by atoms with E-state index in [1.165, 1.54) is 12.0 Å². The molecule has 1 heterocycles. The van der Waals surface area contributed by atoms with Gasteiger partial charge in [0, 0.05) is 30.3 Å². The number of hydrogen-bond acceptors (Lipinski definition) is 6. The van der Waals surface area contributed by atoms with Crippen molar-refractivity contribution in [2.24, 2.45) is 5.92 Å². The minimum atomic E-state index is -0.693. The largest absolute Gasteiger partial charge is 0.497 e. The summed E-state index contributed by atoms with van der Waals surface area (Å²) in [4.78, 5) is 49.7. The number of hydrazine groups is 1. The standard InChI is InChI=1S/C21H21N3O6/c1-29-17-9-5-8-16(11-17)24-12-15(10-19(24)26)21(28)30-13-18(25)22-23-20(27)14-6-3-2-4-7-14/h2-9,11,15H,10,12-13H2,1H3,(H,22,25)(H,23,27). The average molecular weight is 411 g/mol. The highest BCUT2D eigenvalue weighted by molar-refractivity contribution is 6.00. The van der Waals surface area contributed by atoms with Gasteiger partial charge in [-0.05, 0) is 24.3 Å². The van der Waals surface area contributed by atoms with Gasteiger partial charge in [-0.15, -0.1) is 0 Å². The molecule has 0 radical (unpaired) electrons. The molecule has 9 heteroatoms. The van der Waals surface area contributed by atoms with Crippen LogP contribution in [0.25, 0.3) is 0 Å². The smallest absolute Gasteiger partial charge is 0.311 e. The molecule has 156 valence electrons. The maximum Gasteiger partial charge on any atom is 0.311 e. The van der Waals surface area contributed by atoms with E-state index in [4.69, 9.17) is 9.47 Å². The number of anilines is 1. The van der Waals surface area contributed by atoms with Crippen LogP contribution in [0.3, 0.4) is 0 Å². The molecule has 1 aliphatic heterocycles. The molecule has 3 amide bonds. The van der Waals surface area contributed by atoms with Gasteiger partial charge in [-0.2, -0.15) is 0 Å². The maximum absolute atomic E-state index is 12.3. The van der Waals surface area contributed by atoms with Crippen molar-refractivity contribution in [1.82, 2.24) is 10.9 Å². The Hall–Kier alpha value is -3.88. The average Bonchev–Trinajstić information content (AvgIpc) is 3.18. The quantitative estimate of drug-likeness (QED) is 0.543. The summed E-state index contributed by atoms with van der Waals surface area (Å²) >= 11 is 0. The lowest BCUT2D eigenvalue weighted by atomic mass is 10.1. The third-order valence-electron chi connectivity index (χ3n) is 4.52. The number of carbonyl (C=O) groups is 4. The number of nitrogens with one attached hydrogen (secondary N) is 2. The van der Waals surface area contributed by atoms with E-state index < -0.39 is 30.3 Å². The molecule has 0 bridgehead atoms. The zero-order valence-corrected chi connectivity index (χ0v) is 16.3. The molecule has 1 atom stereocenters. The maximum atomic E-state index is 12.3. The van der Waals surface area contributed by atoms with Crippen molar-refractivity contribution in [3.05, 3.63) is 60.2 Å². The molecule has 0 aliphatic carbocycles. The second-order valence-corrected chi connectivity index (χ2v) is 6.58. The summed E-state index contributed by atoms with van der Waals surface area (Å²) in [5, 5.41) is 0. The Balaban J connectivity index is 1.46. The van der Waals surface area contributed by atoms with Gasteiger partial charge in [-0.25, -0.2) is 0 Å². The van der Waals surface area contributed by atoms with E-state index in [0.717, 1.165) is 0 Å². The summed E-state index contributed by atoms with van der Waals surface area (Å²) in [5.41, 5.74) is 5.40. The number of carbonyl (C=O) groups excluding carboxylic acids is 4. The molecular formula is C21H21N3O6. The Morgan fingerprint density at radius 3 is 2.57 bits per heavy atom. The van der Waals surface area contributed by atoms with Crippen LogP contribution in [0.2, 0.25) is 0 Å². The van der Waals surface area contributed by atoms with Crippen LogP contribution in [0.15, 0.2) is 54.6 Å². The summed E-state index contributed by atoms with van der Waals surface area (Å²) in [6, 6.07) is 15.3. The van der Waals surface area contributed by atoms with Crippen LogP contribution in [0, 0.1) is 5.92 Å². The van der Waals surface area contributed by atoms with Crippen molar-refractivity contribution in [2.75, 3.05) is 25.2 Å². The highest BCUT2D eigenvalue weighted by Crippen LogP contribution is 2.28. The van der Waals surface area contributed by atoms with Crippen LogP contribution in [0.4, 0.5) is 5.69 Å². The lowest BCUT2D eigenvalue weighted by Gasteiger charge is -2.17. The van der Waals surface area contributed by atoms with Crippen molar-refractivity contribution in [3.8, 4) is 5.75 Å². The van der Waals surface area contributed by atoms with Crippen LogP contribution in [-0.4, -0.2) is 44.0 Å². The number of esters is 1. The van der Waals surface area contributed by atoms with Gasteiger partial charge < -0.3 is 14.4 Å². The van der Waals surface area contributed by atoms with Gasteiger partial charge in [-0.1, -0.05) is 24.3 Å². The number of benzene rings is 2. The zero-order valence-electron chi connectivity index (χ0n) is 16.3. The lowest BCUT2D eigenvalue weighted by Crippen LogP contribution is -2.43. The molecule has 2 aromatic carbocycles. The first-order chi connectivity index (χ1) is 14.5. The third-order valence-corrected chi connectivity index (χ3v) is 4.52. The topological polar surface area (TPSA) is 114 Å². The molecule has 30 heavy (non-hydrogen) atoms. The molecule has 1 fully saturated rings. The number of methoxy groups -OCH3 is 1. The molecule has 0 spiro atoms. The van der Waals surface area contributed by atoms with E-state index in [2.05, 4.69) is 10.9 Å². The molecule has 0 aromatic heterocycles. The van der Waals surface area contributed by atoms with Crippen LogP contribution in [0.1, 0.15) is 16.8 Å². The number of nitrogens with zero attached hydrogens (tertiary/aromatic N) is 1. The molecule has 1 unspecified atom stereocenters. The van der Waals surface area contributed by atoms with E-state index in [1.807, 2.05) is 0 Å². The Bertz CT molecular complexity index is 947. The summed E-state index contributed by atoms with van der Waals surface area (Å²) in [5.74, 6) is -2.15. The molecule has 1 aliphatic rings. The fraction of sp³-hybridized carbons (Fsp3) is 0.238. The van der Waals surface area contributed by atoms with Crippen LogP contribution in [0.5, 0.6) is 5.75 Å². The number of hydrogen-bond donors (Lipinski definition) is 2. The van der Waals surface area contributed by atoms with Crippen LogP contribution >= 0.6 is 0 Å². The SMILES string of the molecule is COc1cccc(N2CC(C(=O)OCC(=O)NNC(=O)c3ccccc3)CC2=O)c1. The van der Waals surface area contributed by atoms with E-state index in [1.54, 1.807) is 54.6 Å². The fourth-order valence-electron chi connectivity index (χ4n) is 2.97. The van der Waals surface area contributed by atoms with E-state index in [-0.39, 0.29) is 18.9 Å². The molecule has 2 N–H and O–H groups in total. The predicted octanol–water partition coefficient (Wildman–Crippen LogP) is 1.05. The highest BCUT2D eigenvalue weighted by atomic mass is 16.5. The first kappa shape index (κ1) is 20.8. The first-order valence-electron chi connectivity index (χ1n) is 9.23. The molecule has 3 rings (SSSR count). The minimum Gasteiger partial charge on any atom is -0.497 e. The van der Waals surface area contributed by atoms with Crippen molar-refractivity contribution in [3.63, 3.8) is 0 Å². The van der Waals surface area contributed by atoms with Gasteiger partial charge in [0.1, 0.15) is 5.75 Å². The van der Waals surface area contributed by atoms with Crippen molar-refractivity contribution < 1.29 is 28.7 Å². The first-order valence-corrected chi connectivity index (χ1v) is 9.23. The normalized spacial score (nSPS) is 15.4. The van der Waals surface area contributed by atoms with Gasteiger partial charge in [-0.3, -0.25) is 30.0 Å². The van der Waals surface area contributed by atoms with E-state index in [9.17, 15) is 19.2 Å². The van der Waals surface area contributed by atoms with Gasteiger partial charge >= 0.3 is 5.97 Å². The van der Waals surface area contributed by atoms with Crippen LogP contribution < -0.4 is 20.5 Å². The molecule has 1 saturated heterocycles. The van der Waals surface area contributed by atoms with E-state index >= 15 is 0 Å². The number of ether oxygens (including phenoxy) is 2. The summed E-state index contributed by atoms with van der Waals surface area (Å²) in [6.45, 7) is -0.422. The van der Waals surface area contributed by atoms with E-state index in [0.29, 0.717) is 17.0 Å². The summed E-state index contributed by atoms with van der Waals surface area (Å²) in [7, 11) is 1.53. The van der Waals surface area contributed by atoms with Gasteiger partial charge in [0.2, 0.25) is 5.91 Å². The Kier molecular flexibility index (Phi) is 6.63. The predicted molar refractivity (Wildman–Crippen MR) is 106 cm³/mol. The number of amides is 3. The minimum absolute atomic E-state index is 0.0115. The second-order valence-electron chi connectivity index (χ2n) is 6.58. The molecule has 2 aromatic rings. The summed E-state index contributed by atoms with van der Waals surface area (Å²) < 4.78 is 10.2. The Labute approximate surface area is 172 Å². The second kappa shape index (κ2) is 9.55. The summed E-state index contributed by atoms with van der Waals surface area (Å²) in [6.07, 6.45) is -0.0115. The van der Waals surface area contributed by atoms with Gasteiger partial charge in [0.15, 0.2) is 6.61 Å².